The molecule has 15 nitrogen and oxygen atoms in total. The molecule has 0 aromatic carbocycles. The van der Waals surface area contributed by atoms with Crippen molar-refractivity contribution in [2.24, 2.45) is 0 Å². The molecule has 5 atom stereocenters. The number of nitrogens with one attached hydrogen (secondary N) is 1. The van der Waals surface area contributed by atoms with Crippen LogP contribution in [0.5, 0.6) is 0 Å². The molecule has 0 bridgehead atoms. The van der Waals surface area contributed by atoms with E-state index in [2.05, 4.69) is 44.3 Å². The SMILES string of the molecule is O=P(O)(O)OP(=O)(O)OCC1OC(n2cnc3c(NBr)ncnc32)C(O)C1O. The molecule has 0 saturated carbocycles. The molecule has 6 N–H and O–H groups in total. The van der Waals surface area contributed by atoms with Gasteiger partial charge in [0.05, 0.1) is 12.9 Å². The first-order valence-corrected chi connectivity index (χ1v) is 11.1. The van der Waals surface area contributed by atoms with Gasteiger partial charge in [-0.2, -0.15) is 4.31 Å². The number of anilines is 1. The third kappa shape index (κ3) is 4.58. The second-order valence-electron chi connectivity index (χ2n) is 5.52. The zero-order chi connectivity index (χ0) is 20.7. The standard InChI is InChI=1S/C10H14BrN5O10P2/c11-15-8-5-9(13-2-12-8)16(3-14-5)10-7(18)6(17)4(25-10)1-24-28(22,23)26-27(19,20)21/h2-4,6-7,10,17-18H,1H2,(H,22,23)(H,12,13,15)(H2,19,20,21). The van der Waals surface area contributed by atoms with Crippen molar-refractivity contribution in [2.75, 3.05) is 10.9 Å². The van der Waals surface area contributed by atoms with E-state index in [0.29, 0.717) is 11.3 Å². The van der Waals surface area contributed by atoms with Crippen LogP contribution in [0.4, 0.5) is 5.82 Å². The number of fused-ring (bicyclic) bond motifs is 1. The number of phosphoric ester groups is 1. The Labute approximate surface area is 164 Å². The fourth-order valence-corrected chi connectivity index (χ4v) is 4.42. The van der Waals surface area contributed by atoms with Crippen molar-refractivity contribution in [1.82, 2.24) is 19.5 Å². The topological polar surface area (TPSA) is 219 Å². The average Bonchev–Trinajstić information content (AvgIpc) is 3.13. The highest BCUT2D eigenvalue weighted by molar-refractivity contribution is 9.10. The predicted octanol–water partition coefficient (Wildman–Crippen LogP) is -0.606. The molecule has 1 fully saturated rings. The van der Waals surface area contributed by atoms with E-state index < -0.39 is 46.8 Å². The van der Waals surface area contributed by atoms with Crippen LogP contribution in [0.15, 0.2) is 12.7 Å². The van der Waals surface area contributed by atoms with Crippen molar-refractivity contribution in [3.63, 3.8) is 0 Å². The Kier molecular flexibility index (Phi) is 6.20. The summed E-state index contributed by atoms with van der Waals surface area (Å²) in [5, 5.41) is 20.4. The minimum atomic E-state index is -5.29. The number of phosphoric acid groups is 2. The van der Waals surface area contributed by atoms with E-state index in [9.17, 15) is 24.2 Å². The number of aliphatic hydroxyl groups is 2. The van der Waals surface area contributed by atoms with Crippen molar-refractivity contribution in [2.45, 2.75) is 24.5 Å². The van der Waals surface area contributed by atoms with Gasteiger partial charge in [-0.1, -0.05) is 0 Å². The van der Waals surface area contributed by atoms with Crippen molar-refractivity contribution >= 4 is 48.8 Å². The first kappa shape index (κ1) is 21.7. The Morgan fingerprint density at radius 3 is 2.57 bits per heavy atom. The fraction of sp³-hybridized carbons (Fsp3) is 0.500. The van der Waals surface area contributed by atoms with E-state index >= 15 is 0 Å². The summed E-state index contributed by atoms with van der Waals surface area (Å²) in [4.78, 5) is 38.5. The Morgan fingerprint density at radius 2 is 1.93 bits per heavy atom. The number of ether oxygens (including phenoxy) is 1. The number of halogens is 1. The second kappa shape index (κ2) is 8.01. The summed E-state index contributed by atoms with van der Waals surface area (Å²) < 4.78 is 39.6. The van der Waals surface area contributed by atoms with E-state index in [1.165, 1.54) is 17.2 Å². The van der Waals surface area contributed by atoms with Crippen molar-refractivity contribution in [1.29, 1.82) is 0 Å². The monoisotopic (exact) mass is 505 g/mol. The van der Waals surface area contributed by atoms with Gasteiger partial charge in [0.1, 0.15) is 24.6 Å². The maximum absolute atomic E-state index is 11.5. The number of hydrogen-bond acceptors (Lipinski definition) is 11. The summed E-state index contributed by atoms with van der Waals surface area (Å²) >= 11 is 3.02. The Bertz CT molecular complexity index is 954. The van der Waals surface area contributed by atoms with Gasteiger partial charge in [0, 0.05) is 16.1 Å². The van der Waals surface area contributed by atoms with Gasteiger partial charge in [-0.25, -0.2) is 24.1 Å². The fourth-order valence-electron chi connectivity index (χ4n) is 2.53. The summed E-state index contributed by atoms with van der Waals surface area (Å²) in [5.41, 5.74) is 0.590. The molecular weight excluding hydrogens is 492 g/mol. The van der Waals surface area contributed by atoms with E-state index in [-0.39, 0.29) is 5.65 Å². The molecule has 3 rings (SSSR count). The molecule has 2 aromatic heterocycles. The smallest absolute Gasteiger partial charge is 0.387 e. The Balaban J connectivity index is 1.76. The van der Waals surface area contributed by atoms with E-state index in [1.807, 2.05) is 0 Å². The number of rotatable bonds is 7. The number of aliphatic hydroxyl groups excluding tert-OH is 2. The largest absolute Gasteiger partial charge is 0.481 e. The third-order valence-electron chi connectivity index (χ3n) is 3.67. The van der Waals surface area contributed by atoms with Gasteiger partial charge in [-0.15, -0.1) is 0 Å². The maximum atomic E-state index is 11.5. The van der Waals surface area contributed by atoms with Gasteiger partial charge < -0.3 is 34.0 Å². The van der Waals surface area contributed by atoms with Crippen LogP contribution >= 0.6 is 31.8 Å². The first-order valence-electron chi connectivity index (χ1n) is 7.32. The van der Waals surface area contributed by atoms with Gasteiger partial charge in [0.2, 0.25) is 0 Å². The van der Waals surface area contributed by atoms with Crippen LogP contribution in [0.3, 0.4) is 0 Å². The van der Waals surface area contributed by atoms with Crippen LogP contribution in [0.2, 0.25) is 0 Å². The van der Waals surface area contributed by atoms with Crippen LogP contribution in [0.25, 0.3) is 11.2 Å². The molecule has 0 radical (unpaired) electrons. The van der Waals surface area contributed by atoms with Crippen LogP contribution < -0.4 is 4.34 Å². The molecule has 1 saturated heterocycles. The minimum absolute atomic E-state index is 0.257. The molecule has 18 heteroatoms. The molecule has 1 aliphatic heterocycles. The molecule has 0 aliphatic carbocycles. The lowest BCUT2D eigenvalue weighted by molar-refractivity contribution is -0.0503. The van der Waals surface area contributed by atoms with Gasteiger partial charge in [0.25, 0.3) is 0 Å². The second-order valence-corrected chi connectivity index (χ2v) is 8.75. The van der Waals surface area contributed by atoms with Crippen LogP contribution in [-0.2, 0) is 22.7 Å². The lowest BCUT2D eigenvalue weighted by atomic mass is 10.1. The quantitative estimate of drug-likeness (QED) is 0.204. The number of imidazole rings is 1. The van der Waals surface area contributed by atoms with Crippen LogP contribution in [0.1, 0.15) is 6.23 Å². The van der Waals surface area contributed by atoms with Crippen molar-refractivity contribution in [3.8, 4) is 0 Å². The molecule has 2 aromatic rings. The van der Waals surface area contributed by atoms with Gasteiger partial charge in [0.15, 0.2) is 23.2 Å². The highest BCUT2D eigenvalue weighted by Crippen LogP contribution is 2.57. The highest BCUT2D eigenvalue weighted by atomic mass is 79.9. The zero-order valence-electron chi connectivity index (χ0n) is 13.5. The number of aromatic nitrogens is 4. The summed E-state index contributed by atoms with van der Waals surface area (Å²) in [7, 11) is -10.4. The van der Waals surface area contributed by atoms with Crippen molar-refractivity contribution in [3.05, 3.63) is 12.7 Å². The zero-order valence-corrected chi connectivity index (χ0v) is 16.9. The Hall–Kier alpha value is -1.03. The molecule has 5 unspecified atom stereocenters. The molecular formula is C10H14BrN5O10P2. The average molecular weight is 506 g/mol. The Morgan fingerprint density at radius 1 is 1.21 bits per heavy atom. The highest BCUT2D eigenvalue weighted by Gasteiger charge is 2.46. The lowest BCUT2D eigenvalue weighted by Gasteiger charge is -2.17. The van der Waals surface area contributed by atoms with Crippen molar-refractivity contribution < 1.29 is 47.6 Å². The third-order valence-corrected chi connectivity index (χ3v) is 6.20. The van der Waals surface area contributed by atoms with Gasteiger partial charge in [-0.05, 0) is 0 Å². The predicted molar refractivity (Wildman–Crippen MR) is 92.7 cm³/mol. The molecule has 1 aliphatic rings. The first-order chi connectivity index (χ1) is 13.0. The molecule has 0 spiro atoms. The molecule has 156 valence electrons. The molecule has 28 heavy (non-hydrogen) atoms. The van der Waals surface area contributed by atoms with E-state index in [0.717, 1.165) is 0 Å². The van der Waals surface area contributed by atoms with E-state index in [1.54, 1.807) is 0 Å². The minimum Gasteiger partial charge on any atom is -0.387 e. The van der Waals surface area contributed by atoms with Crippen LogP contribution in [-0.4, -0.2) is 69.3 Å². The molecule has 0 amide bonds. The lowest BCUT2D eigenvalue weighted by Crippen LogP contribution is -2.33. The number of hydrogen-bond donors (Lipinski definition) is 6. The summed E-state index contributed by atoms with van der Waals surface area (Å²) in [6.45, 7) is -0.807. The van der Waals surface area contributed by atoms with Crippen LogP contribution in [0, 0.1) is 0 Å². The van der Waals surface area contributed by atoms with Gasteiger partial charge >= 0.3 is 15.6 Å². The van der Waals surface area contributed by atoms with E-state index in [4.69, 9.17) is 14.5 Å². The normalized spacial score (nSPS) is 27.8. The number of nitrogens with zero attached hydrogens (tertiary/aromatic N) is 4. The summed E-state index contributed by atoms with van der Waals surface area (Å²) in [5.74, 6) is 0.340. The summed E-state index contributed by atoms with van der Waals surface area (Å²) in [6, 6.07) is 0. The summed E-state index contributed by atoms with van der Waals surface area (Å²) in [6.07, 6.45) is -3.06. The van der Waals surface area contributed by atoms with Gasteiger partial charge in [-0.3, -0.25) is 9.09 Å². The molecule has 3 heterocycles. The maximum Gasteiger partial charge on any atom is 0.481 e.